The van der Waals surface area contributed by atoms with Crippen molar-refractivity contribution < 1.29 is 24.3 Å². The number of rotatable bonds is 4. The van der Waals surface area contributed by atoms with E-state index in [2.05, 4.69) is 9.68 Å². The molecule has 0 bridgehead atoms. The molecule has 0 saturated carbocycles. The Morgan fingerprint density at radius 2 is 2.18 bits per heavy atom. The van der Waals surface area contributed by atoms with Crippen LogP contribution >= 0.6 is 11.8 Å². The summed E-state index contributed by atoms with van der Waals surface area (Å²) in [6, 6.07) is 0. The van der Waals surface area contributed by atoms with Crippen LogP contribution in [0.5, 0.6) is 0 Å². The molecular formula is C10H9NO5S. The van der Waals surface area contributed by atoms with E-state index >= 15 is 0 Å². The number of allylic oxidation sites excluding steroid dienone is 2. The molecule has 0 unspecified atom stereocenters. The number of nitrogens with zero attached hydrogens (tertiary/aromatic N) is 1. The number of aromatic nitrogens is 1. The predicted molar refractivity (Wildman–Crippen MR) is 58.5 cm³/mol. The number of ketones is 2. The molecule has 17 heavy (non-hydrogen) atoms. The minimum atomic E-state index is -1.41. The summed E-state index contributed by atoms with van der Waals surface area (Å²) in [6.07, 6.45) is 1.11. The van der Waals surface area contributed by atoms with Crippen molar-refractivity contribution in [2.45, 2.75) is 12.7 Å². The highest BCUT2D eigenvalue weighted by Gasteiger charge is 2.29. The Morgan fingerprint density at radius 3 is 2.88 bits per heavy atom. The molecule has 1 heterocycles. The van der Waals surface area contributed by atoms with Gasteiger partial charge in [0, 0.05) is 18.2 Å². The topological polar surface area (TPSA) is 101 Å². The summed E-state index contributed by atoms with van der Waals surface area (Å²) in [5.41, 5.74) is 0.157. The first-order chi connectivity index (χ1) is 8.09. The molecule has 2 rings (SSSR count). The summed E-state index contributed by atoms with van der Waals surface area (Å²) in [6.45, 7) is 0. The molecule has 0 aromatic carbocycles. The van der Waals surface area contributed by atoms with Gasteiger partial charge in [0.15, 0.2) is 6.29 Å². The van der Waals surface area contributed by atoms with Gasteiger partial charge in [-0.3, -0.25) is 9.59 Å². The third-order valence-corrected chi connectivity index (χ3v) is 3.21. The molecule has 0 saturated heterocycles. The average molecular weight is 255 g/mol. The Kier molecular flexibility index (Phi) is 3.41. The maximum Gasteiger partial charge on any atom is 0.225 e. The number of thioether (sulfide) groups is 1. The lowest BCUT2D eigenvalue weighted by Gasteiger charge is -2.09. The van der Waals surface area contributed by atoms with Crippen LogP contribution in [0, 0.1) is 0 Å². The third kappa shape index (κ3) is 2.46. The molecule has 7 heteroatoms. The molecule has 0 spiro atoms. The van der Waals surface area contributed by atoms with E-state index in [4.69, 9.17) is 10.2 Å². The highest BCUT2D eigenvalue weighted by Crippen LogP contribution is 2.28. The van der Waals surface area contributed by atoms with Crippen molar-refractivity contribution in [1.82, 2.24) is 5.16 Å². The van der Waals surface area contributed by atoms with E-state index in [1.165, 1.54) is 12.3 Å². The fraction of sp³-hybridized carbons (Fsp3) is 0.300. The molecule has 0 radical (unpaired) electrons. The van der Waals surface area contributed by atoms with Crippen LogP contribution in [0.15, 0.2) is 21.7 Å². The van der Waals surface area contributed by atoms with Crippen LogP contribution in [-0.2, 0) is 0 Å². The van der Waals surface area contributed by atoms with E-state index in [0.717, 1.165) is 11.8 Å². The largest absolute Gasteiger partial charge is 0.368 e. The van der Waals surface area contributed by atoms with Crippen molar-refractivity contribution in [3.05, 3.63) is 28.5 Å². The number of Topliss-reactive ketones (excluding diaryl/α,β-unsaturated/α-hetero) is 1. The average Bonchev–Trinajstić information content (AvgIpc) is 2.74. The van der Waals surface area contributed by atoms with Gasteiger partial charge in [-0.05, 0) is 0 Å². The fourth-order valence-corrected chi connectivity index (χ4v) is 2.32. The molecule has 6 nitrogen and oxygen atoms in total. The predicted octanol–water partition coefficient (Wildman–Crippen LogP) is 0.371. The summed E-state index contributed by atoms with van der Waals surface area (Å²) < 4.78 is 4.68. The van der Waals surface area contributed by atoms with Crippen molar-refractivity contribution in [2.24, 2.45) is 0 Å². The second-order valence-electron chi connectivity index (χ2n) is 3.39. The van der Waals surface area contributed by atoms with Crippen molar-refractivity contribution in [3.8, 4) is 0 Å². The fourth-order valence-electron chi connectivity index (χ4n) is 1.34. The Morgan fingerprint density at radius 1 is 1.41 bits per heavy atom. The van der Waals surface area contributed by atoms with Gasteiger partial charge in [-0.2, -0.15) is 0 Å². The van der Waals surface area contributed by atoms with Crippen LogP contribution in [-0.4, -0.2) is 39.0 Å². The summed E-state index contributed by atoms with van der Waals surface area (Å²) in [7, 11) is 0. The molecule has 1 aromatic heterocycles. The van der Waals surface area contributed by atoms with Gasteiger partial charge in [0.25, 0.3) is 0 Å². The van der Waals surface area contributed by atoms with Gasteiger partial charge in [-0.15, -0.1) is 11.8 Å². The Hall–Kier alpha value is -1.44. The maximum atomic E-state index is 11.8. The van der Waals surface area contributed by atoms with Crippen molar-refractivity contribution in [2.75, 3.05) is 5.75 Å². The number of fused-ring (bicyclic) bond motifs is 1. The highest BCUT2D eigenvalue weighted by atomic mass is 32.2. The summed E-state index contributed by atoms with van der Waals surface area (Å²) in [5, 5.41) is 20.7. The number of aliphatic hydroxyl groups is 2. The van der Waals surface area contributed by atoms with Gasteiger partial charge in [-0.1, -0.05) is 5.16 Å². The molecule has 1 aromatic rings. The number of hydrogen-bond donors (Lipinski definition) is 2. The smallest absolute Gasteiger partial charge is 0.225 e. The Balaban J connectivity index is 2.10. The van der Waals surface area contributed by atoms with Crippen LogP contribution in [0.2, 0.25) is 0 Å². The number of carbonyl (C=O) groups excluding carboxylic acids is 2. The monoisotopic (exact) mass is 255 g/mol. The molecule has 0 aliphatic heterocycles. The zero-order valence-corrected chi connectivity index (χ0v) is 9.44. The minimum absolute atomic E-state index is 0.0402. The second-order valence-corrected chi connectivity index (χ2v) is 4.53. The molecule has 1 aliphatic carbocycles. The first-order valence-corrected chi connectivity index (χ1v) is 5.82. The van der Waals surface area contributed by atoms with E-state index in [1.54, 1.807) is 0 Å². The number of hydrogen-bond acceptors (Lipinski definition) is 7. The van der Waals surface area contributed by atoms with E-state index < -0.39 is 12.1 Å². The second kappa shape index (κ2) is 4.82. The van der Waals surface area contributed by atoms with Gasteiger partial charge < -0.3 is 14.7 Å². The summed E-state index contributed by atoms with van der Waals surface area (Å²) in [4.78, 5) is 23.6. The zero-order valence-electron chi connectivity index (χ0n) is 8.62. The Labute approximate surface area is 100 Å². The Bertz CT molecular complexity index is 491. The van der Waals surface area contributed by atoms with Crippen molar-refractivity contribution in [1.29, 1.82) is 0 Å². The lowest BCUT2D eigenvalue weighted by molar-refractivity contribution is -0.0404. The van der Waals surface area contributed by atoms with E-state index in [9.17, 15) is 9.59 Å². The quantitative estimate of drug-likeness (QED) is 0.749. The number of aliphatic hydroxyl groups excluding tert-OH is 1. The van der Waals surface area contributed by atoms with Gasteiger partial charge in [0.05, 0.1) is 16.7 Å². The molecule has 0 fully saturated rings. The highest BCUT2D eigenvalue weighted by molar-refractivity contribution is 8.04. The lowest BCUT2D eigenvalue weighted by Crippen LogP contribution is -2.14. The van der Waals surface area contributed by atoms with E-state index in [1.807, 2.05) is 0 Å². The summed E-state index contributed by atoms with van der Waals surface area (Å²) in [5.74, 6) is -0.424. The van der Waals surface area contributed by atoms with E-state index in [0.29, 0.717) is 5.75 Å². The zero-order chi connectivity index (χ0) is 12.4. The lowest BCUT2D eigenvalue weighted by atomic mass is 10.0. The van der Waals surface area contributed by atoms with Gasteiger partial charge in [0.1, 0.15) is 0 Å². The van der Waals surface area contributed by atoms with Crippen LogP contribution in [0.4, 0.5) is 0 Å². The van der Waals surface area contributed by atoms with Crippen LogP contribution < -0.4 is 0 Å². The van der Waals surface area contributed by atoms with Gasteiger partial charge in [-0.25, -0.2) is 0 Å². The normalized spacial score (nSPS) is 15.1. The summed E-state index contributed by atoms with van der Waals surface area (Å²) >= 11 is 1.11. The maximum absolute atomic E-state index is 11.8. The molecule has 0 atom stereocenters. The van der Waals surface area contributed by atoms with Crippen LogP contribution in [0.25, 0.3) is 0 Å². The third-order valence-electron chi connectivity index (χ3n) is 2.16. The van der Waals surface area contributed by atoms with Crippen LogP contribution in [0.3, 0.4) is 0 Å². The molecule has 0 amide bonds. The molecule has 90 valence electrons. The van der Waals surface area contributed by atoms with Gasteiger partial charge >= 0.3 is 0 Å². The first-order valence-electron chi connectivity index (χ1n) is 4.84. The molecular weight excluding hydrogens is 246 g/mol. The standard InChI is InChI=1S/C10H9NO5S/c12-6-3-7(17-2-1-8(13)14)9(15)5-4-11-16-10(5)6/h3-4,8,13-14H,1-2H2. The van der Waals surface area contributed by atoms with Crippen molar-refractivity contribution >= 4 is 23.3 Å². The van der Waals surface area contributed by atoms with Crippen LogP contribution in [0.1, 0.15) is 27.3 Å². The van der Waals surface area contributed by atoms with E-state index in [-0.39, 0.29) is 28.4 Å². The SMILES string of the molecule is O=C1C(SCCC(O)O)=CC(=O)c2oncc21. The molecule has 2 N–H and O–H groups in total. The molecule has 1 aliphatic rings. The number of carbonyl (C=O) groups is 2. The minimum Gasteiger partial charge on any atom is -0.368 e. The van der Waals surface area contributed by atoms with Crippen molar-refractivity contribution in [3.63, 3.8) is 0 Å². The van der Waals surface area contributed by atoms with Gasteiger partial charge in [0.2, 0.25) is 17.3 Å². The first kappa shape index (κ1) is 12.0.